The fourth-order valence-electron chi connectivity index (χ4n) is 2.06. The van der Waals surface area contributed by atoms with E-state index in [1.807, 2.05) is 28.9 Å². The molecule has 0 aliphatic heterocycles. The van der Waals surface area contributed by atoms with E-state index < -0.39 is 0 Å². The number of amides is 1. The summed E-state index contributed by atoms with van der Waals surface area (Å²) >= 11 is 3.46. The fraction of sp³-hybridized carbons (Fsp3) is 0.214. The van der Waals surface area contributed by atoms with E-state index in [9.17, 15) is 4.79 Å². The molecule has 0 fully saturated rings. The molecule has 3 aromatic heterocycles. The molecule has 3 rings (SSSR count). The number of carbonyl (C=O) groups excluding carboxylic acids is 1. The number of fused-ring (bicyclic) bond motifs is 1. The number of aryl methyl sites for hydroxylation is 1. The number of hydrogen-bond acceptors (Lipinski definition) is 3. The fourth-order valence-corrected chi connectivity index (χ4v) is 2.50. The maximum absolute atomic E-state index is 11.8. The second kappa shape index (κ2) is 6.09. The Bertz CT molecular complexity index is 750. The summed E-state index contributed by atoms with van der Waals surface area (Å²) in [6.45, 7) is 0.422. The first-order chi connectivity index (χ1) is 10.2. The Kier molecular flexibility index (Phi) is 4.01. The number of carbonyl (C=O) groups is 1. The van der Waals surface area contributed by atoms with Gasteiger partial charge in [-0.1, -0.05) is 0 Å². The number of nitrogens with zero attached hydrogens (tertiary/aromatic N) is 3. The number of aromatic nitrogens is 4. The van der Waals surface area contributed by atoms with Gasteiger partial charge in [-0.3, -0.25) is 4.79 Å². The van der Waals surface area contributed by atoms with Crippen molar-refractivity contribution in [2.24, 2.45) is 0 Å². The lowest BCUT2D eigenvalue weighted by Crippen LogP contribution is -2.23. The molecule has 0 saturated heterocycles. The van der Waals surface area contributed by atoms with Crippen LogP contribution in [-0.4, -0.2) is 25.3 Å². The molecule has 0 saturated carbocycles. The van der Waals surface area contributed by atoms with Crippen LogP contribution in [0.25, 0.3) is 5.65 Å². The number of halogens is 1. The van der Waals surface area contributed by atoms with Gasteiger partial charge in [0, 0.05) is 37.6 Å². The maximum Gasteiger partial charge on any atom is 0.220 e. The lowest BCUT2D eigenvalue weighted by atomic mass is 10.3. The predicted octanol–water partition coefficient (Wildman–Crippen LogP) is 2.07. The summed E-state index contributed by atoms with van der Waals surface area (Å²) in [5.41, 5.74) is 1.67. The van der Waals surface area contributed by atoms with Gasteiger partial charge in [0.1, 0.15) is 5.82 Å². The number of hydrogen-bond donors (Lipinski definition) is 2. The molecule has 21 heavy (non-hydrogen) atoms. The Morgan fingerprint density at radius 1 is 1.48 bits per heavy atom. The third-order valence-corrected chi connectivity index (χ3v) is 3.71. The van der Waals surface area contributed by atoms with Crippen LogP contribution in [0, 0.1) is 0 Å². The minimum atomic E-state index is -0.0116. The summed E-state index contributed by atoms with van der Waals surface area (Å²) in [5, 5.41) is 2.87. The van der Waals surface area contributed by atoms with E-state index in [1.165, 1.54) is 0 Å². The van der Waals surface area contributed by atoms with Gasteiger partial charge >= 0.3 is 0 Å². The van der Waals surface area contributed by atoms with Crippen molar-refractivity contribution in [2.75, 3.05) is 0 Å². The van der Waals surface area contributed by atoms with Crippen LogP contribution >= 0.6 is 15.9 Å². The average Bonchev–Trinajstić information content (AvgIpc) is 3.12. The molecule has 3 aromatic rings. The Morgan fingerprint density at radius 2 is 2.38 bits per heavy atom. The van der Waals surface area contributed by atoms with Crippen LogP contribution in [0.1, 0.15) is 17.9 Å². The van der Waals surface area contributed by atoms with Crippen molar-refractivity contribution in [1.82, 2.24) is 24.7 Å². The first kappa shape index (κ1) is 13.8. The Labute approximate surface area is 129 Å². The number of nitrogens with one attached hydrogen (secondary N) is 2. The van der Waals surface area contributed by atoms with Crippen molar-refractivity contribution < 1.29 is 4.79 Å². The van der Waals surface area contributed by atoms with E-state index in [4.69, 9.17) is 0 Å². The average molecular weight is 348 g/mol. The van der Waals surface area contributed by atoms with Crippen LogP contribution in [0.5, 0.6) is 0 Å². The summed E-state index contributed by atoms with van der Waals surface area (Å²) in [5.74, 6) is 0.810. The molecule has 108 valence electrons. The Balaban J connectivity index is 1.56. The van der Waals surface area contributed by atoms with E-state index in [1.54, 1.807) is 12.4 Å². The molecule has 2 N–H and O–H groups in total. The Hall–Kier alpha value is -2.15. The highest BCUT2D eigenvalue weighted by molar-refractivity contribution is 9.10. The molecule has 0 unspecified atom stereocenters. The quantitative estimate of drug-likeness (QED) is 0.741. The van der Waals surface area contributed by atoms with Gasteiger partial charge < -0.3 is 14.7 Å². The van der Waals surface area contributed by atoms with Crippen molar-refractivity contribution in [1.29, 1.82) is 0 Å². The van der Waals surface area contributed by atoms with E-state index >= 15 is 0 Å². The maximum atomic E-state index is 11.8. The number of rotatable bonds is 5. The van der Waals surface area contributed by atoms with Crippen molar-refractivity contribution in [3.63, 3.8) is 0 Å². The lowest BCUT2D eigenvalue weighted by Gasteiger charge is -2.01. The first-order valence-corrected chi connectivity index (χ1v) is 7.39. The van der Waals surface area contributed by atoms with Gasteiger partial charge in [-0.25, -0.2) is 9.97 Å². The van der Waals surface area contributed by atoms with E-state index in [0.29, 0.717) is 19.4 Å². The molecule has 0 bridgehead atoms. The van der Waals surface area contributed by atoms with Crippen molar-refractivity contribution in [3.05, 3.63) is 52.9 Å². The molecule has 0 radical (unpaired) electrons. The smallest absolute Gasteiger partial charge is 0.220 e. The summed E-state index contributed by atoms with van der Waals surface area (Å²) in [4.78, 5) is 23.3. The van der Waals surface area contributed by atoms with Crippen LogP contribution in [0.3, 0.4) is 0 Å². The monoisotopic (exact) mass is 347 g/mol. The summed E-state index contributed by atoms with van der Waals surface area (Å²) in [7, 11) is 0. The molecule has 0 aliphatic rings. The summed E-state index contributed by atoms with van der Waals surface area (Å²) in [6, 6.07) is 3.87. The molecule has 0 atom stereocenters. The summed E-state index contributed by atoms with van der Waals surface area (Å²) in [6.07, 6.45) is 8.28. The Morgan fingerprint density at radius 3 is 3.14 bits per heavy atom. The van der Waals surface area contributed by atoms with Gasteiger partial charge in [-0.05, 0) is 28.1 Å². The molecule has 6 nitrogen and oxygen atoms in total. The molecule has 7 heteroatoms. The highest BCUT2D eigenvalue weighted by atomic mass is 79.9. The molecule has 0 spiro atoms. The molecule has 1 amide bonds. The van der Waals surface area contributed by atoms with Crippen LogP contribution < -0.4 is 5.32 Å². The normalized spacial score (nSPS) is 10.9. The van der Waals surface area contributed by atoms with Crippen LogP contribution in [0.4, 0.5) is 0 Å². The number of H-pyrrole nitrogens is 1. The third kappa shape index (κ3) is 3.30. The SMILES string of the molecule is O=C(CCc1ncc[nH]1)NCc1cn2cccc(Br)c2n1. The van der Waals surface area contributed by atoms with E-state index in [-0.39, 0.29) is 5.91 Å². The third-order valence-electron chi connectivity index (χ3n) is 3.10. The van der Waals surface area contributed by atoms with Gasteiger partial charge in [-0.15, -0.1) is 0 Å². The second-order valence-electron chi connectivity index (χ2n) is 4.63. The van der Waals surface area contributed by atoms with Crippen molar-refractivity contribution in [3.8, 4) is 0 Å². The zero-order chi connectivity index (χ0) is 14.7. The topological polar surface area (TPSA) is 75.1 Å². The van der Waals surface area contributed by atoms with Gasteiger partial charge in [0.15, 0.2) is 5.65 Å². The van der Waals surface area contributed by atoms with E-state index in [2.05, 4.69) is 36.2 Å². The van der Waals surface area contributed by atoms with Gasteiger partial charge in [0.2, 0.25) is 5.91 Å². The molecule has 3 heterocycles. The molecule has 0 aromatic carbocycles. The number of pyridine rings is 1. The van der Waals surface area contributed by atoms with Crippen LogP contribution in [0.2, 0.25) is 0 Å². The zero-order valence-corrected chi connectivity index (χ0v) is 12.8. The highest BCUT2D eigenvalue weighted by Crippen LogP contribution is 2.16. The number of imidazole rings is 2. The van der Waals surface area contributed by atoms with Gasteiger partial charge in [-0.2, -0.15) is 0 Å². The minimum absolute atomic E-state index is 0.0116. The molecular formula is C14H14BrN5O. The summed E-state index contributed by atoms with van der Waals surface area (Å²) < 4.78 is 2.86. The van der Waals surface area contributed by atoms with Gasteiger partial charge in [0.05, 0.1) is 16.7 Å². The standard InChI is InChI=1S/C14H14BrN5O/c15-11-2-1-7-20-9-10(19-14(11)20)8-18-13(21)4-3-12-16-5-6-17-12/h1-2,5-7,9H,3-4,8H2,(H,16,17)(H,18,21). The lowest BCUT2D eigenvalue weighted by molar-refractivity contribution is -0.121. The van der Waals surface area contributed by atoms with Gasteiger partial charge in [0.25, 0.3) is 0 Å². The predicted molar refractivity (Wildman–Crippen MR) is 81.6 cm³/mol. The first-order valence-electron chi connectivity index (χ1n) is 6.59. The minimum Gasteiger partial charge on any atom is -0.350 e. The van der Waals surface area contributed by atoms with Crippen LogP contribution in [0.15, 0.2) is 41.4 Å². The van der Waals surface area contributed by atoms with E-state index in [0.717, 1.165) is 21.6 Å². The van der Waals surface area contributed by atoms with Crippen molar-refractivity contribution >= 4 is 27.5 Å². The molecular weight excluding hydrogens is 334 g/mol. The highest BCUT2D eigenvalue weighted by Gasteiger charge is 2.07. The number of aromatic amines is 1. The molecule has 0 aliphatic carbocycles. The van der Waals surface area contributed by atoms with Crippen molar-refractivity contribution in [2.45, 2.75) is 19.4 Å². The zero-order valence-electron chi connectivity index (χ0n) is 11.2. The van der Waals surface area contributed by atoms with Crippen LogP contribution in [-0.2, 0) is 17.8 Å². The largest absolute Gasteiger partial charge is 0.350 e. The second-order valence-corrected chi connectivity index (χ2v) is 5.49.